The van der Waals surface area contributed by atoms with Gasteiger partial charge in [0.15, 0.2) is 5.78 Å². The Morgan fingerprint density at radius 3 is 2.38 bits per heavy atom. The summed E-state index contributed by atoms with van der Waals surface area (Å²) in [5.74, 6) is -0.443. The standard InChI is InChI=1S/C17H25N3O5S/c1-14(21)15-3-5-16(6-4-15)26(23,24)18-13-17(22)19(2)7-8-20-9-11-25-12-10-20/h3-6,18H,7-13H2,1-2H3. The van der Waals surface area contributed by atoms with Crippen molar-refractivity contribution in [2.75, 3.05) is 53.0 Å². The van der Waals surface area contributed by atoms with E-state index in [1.165, 1.54) is 36.1 Å². The summed E-state index contributed by atoms with van der Waals surface area (Å²) in [6.45, 7) is 5.41. The summed E-state index contributed by atoms with van der Waals surface area (Å²) in [5.41, 5.74) is 0.433. The fraction of sp³-hybridized carbons (Fsp3) is 0.529. The van der Waals surface area contributed by atoms with E-state index in [-0.39, 0.29) is 23.1 Å². The third-order valence-corrected chi connectivity index (χ3v) is 5.68. The van der Waals surface area contributed by atoms with Crippen molar-refractivity contribution in [3.63, 3.8) is 0 Å². The molecule has 0 atom stereocenters. The quantitative estimate of drug-likeness (QED) is 0.633. The van der Waals surface area contributed by atoms with Crippen LogP contribution in [0.25, 0.3) is 0 Å². The Balaban J connectivity index is 1.83. The van der Waals surface area contributed by atoms with Crippen LogP contribution in [-0.4, -0.2) is 82.9 Å². The molecule has 1 amide bonds. The summed E-state index contributed by atoms with van der Waals surface area (Å²) >= 11 is 0. The molecule has 0 radical (unpaired) electrons. The van der Waals surface area contributed by atoms with Gasteiger partial charge in [0, 0.05) is 38.8 Å². The molecule has 8 nitrogen and oxygen atoms in total. The largest absolute Gasteiger partial charge is 0.379 e. The van der Waals surface area contributed by atoms with Gasteiger partial charge in [-0.25, -0.2) is 13.1 Å². The zero-order valence-corrected chi connectivity index (χ0v) is 15.9. The van der Waals surface area contributed by atoms with Crippen LogP contribution in [0.4, 0.5) is 0 Å². The number of morpholine rings is 1. The van der Waals surface area contributed by atoms with Crippen LogP contribution in [0.3, 0.4) is 0 Å². The molecule has 2 rings (SSSR count). The average molecular weight is 383 g/mol. The predicted molar refractivity (Wildman–Crippen MR) is 96.5 cm³/mol. The molecule has 0 spiro atoms. The molecule has 1 aromatic rings. The van der Waals surface area contributed by atoms with Crippen LogP contribution in [0.5, 0.6) is 0 Å². The van der Waals surface area contributed by atoms with Gasteiger partial charge in [-0.1, -0.05) is 12.1 Å². The fourth-order valence-electron chi connectivity index (χ4n) is 2.48. The molecule has 1 aromatic carbocycles. The van der Waals surface area contributed by atoms with Gasteiger partial charge in [-0.15, -0.1) is 0 Å². The highest BCUT2D eigenvalue weighted by Crippen LogP contribution is 2.10. The number of sulfonamides is 1. The van der Waals surface area contributed by atoms with E-state index in [0.717, 1.165) is 19.6 Å². The number of ketones is 1. The van der Waals surface area contributed by atoms with Gasteiger partial charge >= 0.3 is 0 Å². The predicted octanol–water partition coefficient (Wildman–Crippen LogP) is -0.0419. The number of carbonyl (C=O) groups is 2. The minimum atomic E-state index is -3.80. The molecule has 1 aliphatic rings. The van der Waals surface area contributed by atoms with E-state index in [1.807, 2.05) is 0 Å². The number of nitrogens with zero attached hydrogens (tertiary/aromatic N) is 2. The Hall–Kier alpha value is -1.81. The van der Waals surface area contributed by atoms with Gasteiger partial charge in [0.1, 0.15) is 0 Å². The maximum Gasteiger partial charge on any atom is 0.241 e. The highest BCUT2D eigenvalue weighted by molar-refractivity contribution is 7.89. The Bertz CT molecular complexity index is 727. The Labute approximate surface area is 154 Å². The maximum absolute atomic E-state index is 12.3. The second-order valence-electron chi connectivity index (χ2n) is 6.17. The molecule has 1 aliphatic heterocycles. The van der Waals surface area contributed by atoms with E-state index >= 15 is 0 Å². The number of hydrogen-bond donors (Lipinski definition) is 1. The topological polar surface area (TPSA) is 96.0 Å². The van der Waals surface area contributed by atoms with Gasteiger partial charge in [-0.3, -0.25) is 14.5 Å². The van der Waals surface area contributed by atoms with Crippen molar-refractivity contribution in [3.8, 4) is 0 Å². The fourth-order valence-corrected chi connectivity index (χ4v) is 3.46. The second kappa shape index (κ2) is 9.22. The van der Waals surface area contributed by atoms with Crippen LogP contribution >= 0.6 is 0 Å². The highest BCUT2D eigenvalue weighted by atomic mass is 32.2. The molecule has 0 aliphatic carbocycles. The first-order valence-electron chi connectivity index (χ1n) is 8.44. The Morgan fingerprint density at radius 2 is 1.81 bits per heavy atom. The number of likely N-dealkylation sites (N-methyl/N-ethyl adjacent to an activating group) is 1. The van der Waals surface area contributed by atoms with Crippen LogP contribution < -0.4 is 4.72 Å². The molecule has 1 saturated heterocycles. The molecule has 1 heterocycles. The second-order valence-corrected chi connectivity index (χ2v) is 7.94. The van der Waals surface area contributed by atoms with E-state index in [2.05, 4.69) is 9.62 Å². The summed E-state index contributed by atoms with van der Waals surface area (Å²) in [7, 11) is -2.15. The minimum absolute atomic E-state index is 0.0197. The molecule has 9 heteroatoms. The zero-order valence-electron chi connectivity index (χ0n) is 15.1. The molecule has 0 aromatic heterocycles. The average Bonchev–Trinajstić information content (AvgIpc) is 2.65. The Morgan fingerprint density at radius 1 is 1.19 bits per heavy atom. The van der Waals surface area contributed by atoms with Gasteiger partial charge < -0.3 is 9.64 Å². The third-order valence-electron chi connectivity index (χ3n) is 4.27. The molecule has 0 unspecified atom stereocenters. The van der Waals surface area contributed by atoms with Crippen molar-refractivity contribution >= 4 is 21.7 Å². The molecular weight excluding hydrogens is 358 g/mol. The first-order chi connectivity index (χ1) is 12.3. The van der Waals surface area contributed by atoms with Crippen LogP contribution in [0.1, 0.15) is 17.3 Å². The smallest absolute Gasteiger partial charge is 0.241 e. The van der Waals surface area contributed by atoms with Crippen molar-refractivity contribution < 1.29 is 22.7 Å². The molecule has 144 valence electrons. The van der Waals surface area contributed by atoms with E-state index in [0.29, 0.717) is 25.3 Å². The first kappa shape index (κ1) is 20.5. The summed E-state index contributed by atoms with van der Waals surface area (Å²) in [4.78, 5) is 27.1. The molecule has 1 fully saturated rings. The van der Waals surface area contributed by atoms with E-state index in [9.17, 15) is 18.0 Å². The molecule has 0 bridgehead atoms. The molecule has 26 heavy (non-hydrogen) atoms. The van der Waals surface area contributed by atoms with Crippen molar-refractivity contribution in [3.05, 3.63) is 29.8 Å². The third kappa shape index (κ3) is 5.87. The van der Waals surface area contributed by atoms with Crippen molar-refractivity contribution in [1.82, 2.24) is 14.5 Å². The number of nitrogens with one attached hydrogen (secondary N) is 1. The van der Waals surface area contributed by atoms with E-state index < -0.39 is 10.0 Å². The van der Waals surface area contributed by atoms with E-state index in [1.54, 1.807) is 7.05 Å². The summed E-state index contributed by atoms with van der Waals surface area (Å²) in [6.07, 6.45) is 0. The lowest BCUT2D eigenvalue weighted by Gasteiger charge is -2.28. The van der Waals surface area contributed by atoms with Crippen LogP contribution in [0, 0.1) is 0 Å². The number of hydrogen-bond acceptors (Lipinski definition) is 6. The molecule has 1 N–H and O–H groups in total. The number of rotatable bonds is 8. The number of benzene rings is 1. The van der Waals surface area contributed by atoms with Gasteiger partial charge in [0.05, 0.1) is 24.7 Å². The van der Waals surface area contributed by atoms with Crippen LogP contribution in [0.2, 0.25) is 0 Å². The summed E-state index contributed by atoms with van der Waals surface area (Å²) in [5, 5.41) is 0. The zero-order chi connectivity index (χ0) is 19.2. The highest BCUT2D eigenvalue weighted by Gasteiger charge is 2.18. The lowest BCUT2D eigenvalue weighted by atomic mass is 10.2. The normalized spacial score (nSPS) is 15.6. The SMILES string of the molecule is CC(=O)c1ccc(S(=O)(=O)NCC(=O)N(C)CCN2CCOCC2)cc1. The lowest BCUT2D eigenvalue weighted by molar-refractivity contribution is -0.128. The monoisotopic (exact) mass is 383 g/mol. The van der Waals surface area contributed by atoms with Crippen LogP contribution in [0.15, 0.2) is 29.2 Å². The number of ether oxygens (including phenoxy) is 1. The van der Waals surface area contributed by atoms with Crippen LogP contribution in [-0.2, 0) is 19.6 Å². The summed E-state index contributed by atoms with van der Waals surface area (Å²) in [6, 6.07) is 5.61. The van der Waals surface area contributed by atoms with Gasteiger partial charge in [-0.2, -0.15) is 0 Å². The van der Waals surface area contributed by atoms with Gasteiger partial charge in [-0.05, 0) is 19.1 Å². The lowest BCUT2D eigenvalue weighted by Crippen LogP contribution is -2.44. The van der Waals surface area contributed by atoms with Crippen molar-refractivity contribution in [2.24, 2.45) is 0 Å². The number of amides is 1. The maximum atomic E-state index is 12.3. The number of carbonyl (C=O) groups excluding carboxylic acids is 2. The van der Waals surface area contributed by atoms with Crippen molar-refractivity contribution in [1.29, 1.82) is 0 Å². The number of Topliss-reactive ketones (excluding diaryl/α,β-unsaturated/α-hetero) is 1. The summed E-state index contributed by atoms with van der Waals surface area (Å²) < 4.78 is 32.1. The molecule has 0 saturated carbocycles. The van der Waals surface area contributed by atoms with Crippen molar-refractivity contribution in [2.45, 2.75) is 11.8 Å². The van der Waals surface area contributed by atoms with Gasteiger partial charge in [0.2, 0.25) is 15.9 Å². The van der Waals surface area contributed by atoms with Gasteiger partial charge in [0.25, 0.3) is 0 Å². The molecular formula is C17H25N3O5S. The minimum Gasteiger partial charge on any atom is -0.379 e. The van der Waals surface area contributed by atoms with E-state index in [4.69, 9.17) is 4.74 Å². The first-order valence-corrected chi connectivity index (χ1v) is 9.92. The Kier molecular flexibility index (Phi) is 7.27.